The van der Waals surface area contributed by atoms with Gasteiger partial charge in [-0.15, -0.1) is 11.3 Å². The van der Waals surface area contributed by atoms with E-state index in [9.17, 15) is 5.11 Å². The molecule has 1 heterocycles. The smallest absolute Gasteiger partial charge is 0.111 e. The van der Waals surface area contributed by atoms with Crippen LogP contribution in [0.5, 0.6) is 0 Å². The van der Waals surface area contributed by atoms with Gasteiger partial charge in [-0.1, -0.05) is 13.0 Å². The second-order valence-electron chi connectivity index (χ2n) is 3.60. The van der Waals surface area contributed by atoms with Gasteiger partial charge in [-0.25, -0.2) is 0 Å². The largest absolute Gasteiger partial charge is 0.383 e. The van der Waals surface area contributed by atoms with E-state index in [1.165, 1.54) is 0 Å². The van der Waals surface area contributed by atoms with Gasteiger partial charge in [0.15, 0.2) is 0 Å². The van der Waals surface area contributed by atoms with E-state index in [2.05, 4.69) is 0 Å². The van der Waals surface area contributed by atoms with Crippen LogP contribution in [0.15, 0.2) is 17.5 Å². The van der Waals surface area contributed by atoms with Crippen LogP contribution in [0.4, 0.5) is 0 Å². The van der Waals surface area contributed by atoms with Gasteiger partial charge in [-0.3, -0.25) is 0 Å². The van der Waals surface area contributed by atoms with E-state index < -0.39 is 5.60 Å². The SMILES string of the molecule is CCC(O)(CN(C)C)c1cccs1. The van der Waals surface area contributed by atoms with E-state index in [4.69, 9.17) is 0 Å². The number of hydrogen-bond acceptors (Lipinski definition) is 3. The number of rotatable bonds is 4. The molecule has 1 unspecified atom stereocenters. The van der Waals surface area contributed by atoms with Crippen molar-refractivity contribution in [1.29, 1.82) is 0 Å². The van der Waals surface area contributed by atoms with Crippen LogP contribution >= 0.6 is 11.3 Å². The lowest BCUT2D eigenvalue weighted by Gasteiger charge is -2.28. The molecule has 0 aliphatic rings. The van der Waals surface area contributed by atoms with Crippen molar-refractivity contribution in [2.45, 2.75) is 18.9 Å². The van der Waals surface area contributed by atoms with E-state index in [1.807, 2.05) is 43.4 Å². The number of thiophene rings is 1. The Morgan fingerprint density at radius 2 is 2.23 bits per heavy atom. The van der Waals surface area contributed by atoms with Gasteiger partial charge >= 0.3 is 0 Å². The Morgan fingerprint density at radius 1 is 1.54 bits per heavy atom. The summed E-state index contributed by atoms with van der Waals surface area (Å²) < 4.78 is 0. The van der Waals surface area contributed by atoms with Crippen LogP contribution in [-0.2, 0) is 5.60 Å². The third-order valence-electron chi connectivity index (χ3n) is 2.14. The van der Waals surface area contributed by atoms with Crippen LogP contribution in [-0.4, -0.2) is 30.6 Å². The quantitative estimate of drug-likeness (QED) is 0.800. The molecule has 0 aliphatic carbocycles. The molecule has 1 rings (SSSR count). The fraction of sp³-hybridized carbons (Fsp3) is 0.600. The first kappa shape index (κ1) is 10.7. The number of aliphatic hydroxyl groups is 1. The monoisotopic (exact) mass is 199 g/mol. The topological polar surface area (TPSA) is 23.5 Å². The Hall–Kier alpha value is -0.380. The van der Waals surface area contributed by atoms with Crippen LogP contribution in [0.1, 0.15) is 18.2 Å². The van der Waals surface area contributed by atoms with Crippen LogP contribution < -0.4 is 0 Å². The molecule has 13 heavy (non-hydrogen) atoms. The van der Waals surface area contributed by atoms with Crippen molar-refractivity contribution in [2.75, 3.05) is 20.6 Å². The Labute approximate surface area is 83.8 Å². The molecule has 0 saturated heterocycles. The predicted octanol–water partition coefficient (Wildman–Crippen LogP) is 1.91. The highest BCUT2D eigenvalue weighted by Crippen LogP contribution is 2.29. The highest BCUT2D eigenvalue weighted by atomic mass is 32.1. The van der Waals surface area contributed by atoms with E-state index >= 15 is 0 Å². The van der Waals surface area contributed by atoms with E-state index in [0.29, 0.717) is 6.54 Å². The second kappa shape index (κ2) is 4.22. The van der Waals surface area contributed by atoms with E-state index in [0.717, 1.165) is 11.3 Å². The lowest BCUT2D eigenvalue weighted by atomic mass is 9.98. The third-order valence-corrected chi connectivity index (χ3v) is 3.21. The minimum atomic E-state index is -0.669. The highest BCUT2D eigenvalue weighted by Gasteiger charge is 2.28. The zero-order valence-corrected chi connectivity index (χ0v) is 9.27. The maximum atomic E-state index is 10.3. The molecule has 3 heteroatoms. The summed E-state index contributed by atoms with van der Waals surface area (Å²) in [4.78, 5) is 3.08. The molecule has 0 fully saturated rings. The van der Waals surface area contributed by atoms with Crippen LogP contribution in [0.25, 0.3) is 0 Å². The van der Waals surface area contributed by atoms with Gasteiger partial charge in [-0.2, -0.15) is 0 Å². The fourth-order valence-electron chi connectivity index (χ4n) is 1.43. The molecule has 1 aromatic heterocycles. The van der Waals surface area contributed by atoms with Gasteiger partial charge in [0.05, 0.1) is 0 Å². The first-order valence-electron chi connectivity index (χ1n) is 4.49. The van der Waals surface area contributed by atoms with Gasteiger partial charge in [0.2, 0.25) is 0 Å². The number of hydrogen-bond donors (Lipinski definition) is 1. The number of likely N-dealkylation sites (N-methyl/N-ethyl adjacent to an activating group) is 1. The minimum absolute atomic E-state index is 0.669. The third kappa shape index (κ3) is 2.53. The first-order chi connectivity index (χ1) is 6.08. The van der Waals surface area contributed by atoms with Crippen molar-refractivity contribution in [2.24, 2.45) is 0 Å². The highest BCUT2D eigenvalue weighted by molar-refractivity contribution is 7.10. The summed E-state index contributed by atoms with van der Waals surface area (Å²) in [6.45, 7) is 2.70. The van der Waals surface area contributed by atoms with E-state index in [-0.39, 0.29) is 0 Å². The molecule has 0 bridgehead atoms. The molecule has 1 aromatic rings. The zero-order chi connectivity index (χ0) is 9.90. The normalized spacial score (nSPS) is 16.1. The molecule has 0 spiro atoms. The van der Waals surface area contributed by atoms with Crippen molar-refractivity contribution in [3.05, 3.63) is 22.4 Å². The molecular weight excluding hydrogens is 182 g/mol. The van der Waals surface area contributed by atoms with Gasteiger partial charge < -0.3 is 10.0 Å². The molecule has 0 aliphatic heterocycles. The van der Waals surface area contributed by atoms with E-state index in [1.54, 1.807) is 11.3 Å². The minimum Gasteiger partial charge on any atom is -0.383 e. The molecular formula is C10H17NOS. The van der Waals surface area contributed by atoms with Gasteiger partial charge in [0, 0.05) is 11.4 Å². The average molecular weight is 199 g/mol. The van der Waals surface area contributed by atoms with Gasteiger partial charge in [-0.05, 0) is 32.0 Å². The van der Waals surface area contributed by atoms with Crippen molar-refractivity contribution >= 4 is 11.3 Å². The molecule has 2 nitrogen and oxygen atoms in total. The molecule has 0 saturated carbocycles. The summed E-state index contributed by atoms with van der Waals surface area (Å²) in [6, 6.07) is 3.98. The van der Waals surface area contributed by atoms with Crippen molar-refractivity contribution < 1.29 is 5.11 Å². The summed E-state index contributed by atoms with van der Waals surface area (Å²) >= 11 is 1.62. The van der Waals surface area contributed by atoms with Gasteiger partial charge in [0.1, 0.15) is 5.60 Å². The second-order valence-corrected chi connectivity index (χ2v) is 4.55. The van der Waals surface area contributed by atoms with Crippen LogP contribution in [0.3, 0.4) is 0 Å². The average Bonchev–Trinajstić information content (AvgIpc) is 2.55. The zero-order valence-electron chi connectivity index (χ0n) is 8.45. The Balaban J connectivity index is 2.81. The Morgan fingerprint density at radius 3 is 2.62 bits per heavy atom. The number of nitrogens with zero attached hydrogens (tertiary/aromatic N) is 1. The first-order valence-corrected chi connectivity index (χ1v) is 5.37. The predicted molar refractivity (Wildman–Crippen MR) is 57.1 cm³/mol. The summed E-state index contributed by atoms with van der Waals surface area (Å²) in [7, 11) is 3.96. The molecule has 0 aromatic carbocycles. The summed E-state index contributed by atoms with van der Waals surface area (Å²) in [5, 5.41) is 12.3. The fourth-order valence-corrected chi connectivity index (χ4v) is 2.32. The maximum Gasteiger partial charge on any atom is 0.111 e. The van der Waals surface area contributed by atoms with Crippen LogP contribution in [0.2, 0.25) is 0 Å². The molecule has 0 radical (unpaired) electrons. The molecule has 0 amide bonds. The summed E-state index contributed by atoms with van der Waals surface area (Å²) in [6.07, 6.45) is 0.756. The van der Waals surface area contributed by atoms with Gasteiger partial charge in [0.25, 0.3) is 0 Å². The van der Waals surface area contributed by atoms with Crippen molar-refractivity contribution in [1.82, 2.24) is 4.90 Å². The summed E-state index contributed by atoms with van der Waals surface area (Å²) in [5.41, 5.74) is -0.669. The summed E-state index contributed by atoms with van der Waals surface area (Å²) in [5.74, 6) is 0. The van der Waals surface area contributed by atoms with Crippen LogP contribution in [0, 0.1) is 0 Å². The lowest BCUT2D eigenvalue weighted by molar-refractivity contribution is 0.0112. The Bertz CT molecular complexity index is 245. The van der Waals surface area contributed by atoms with Crippen molar-refractivity contribution in [3.8, 4) is 0 Å². The standard InChI is InChI=1S/C10H17NOS/c1-4-10(12,8-11(2)3)9-6-5-7-13-9/h5-7,12H,4,8H2,1-3H3. The molecule has 1 N–H and O–H groups in total. The molecule has 74 valence electrons. The maximum absolute atomic E-state index is 10.3. The lowest BCUT2D eigenvalue weighted by Crippen LogP contribution is -2.36. The molecule has 1 atom stereocenters. The Kier molecular flexibility index (Phi) is 3.47. The van der Waals surface area contributed by atoms with Crippen molar-refractivity contribution in [3.63, 3.8) is 0 Å².